The van der Waals surface area contributed by atoms with Crippen molar-refractivity contribution in [1.82, 2.24) is 5.32 Å². The molecule has 1 amide bonds. The normalized spacial score (nSPS) is 12.3. The van der Waals surface area contributed by atoms with Crippen LogP contribution in [0.1, 0.15) is 130 Å². The molecule has 0 aliphatic carbocycles. The van der Waals surface area contributed by atoms with E-state index in [2.05, 4.69) is 26.1 Å². The zero-order valence-electron chi connectivity index (χ0n) is 19.0. The molecule has 0 aromatic heterocycles. The van der Waals surface area contributed by atoms with Crippen molar-refractivity contribution in [1.29, 1.82) is 0 Å². The molecule has 0 bridgehead atoms. The van der Waals surface area contributed by atoms with Crippen molar-refractivity contribution in [3.05, 3.63) is 0 Å². The van der Waals surface area contributed by atoms with Crippen molar-refractivity contribution in [2.24, 2.45) is 5.92 Å². The van der Waals surface area contributed by atoms with Gasteiger partial charge in [0.1, 0.15) is 6.10 Å². The summed E-state index contributed by atoms with van der Waals surface area (Å²) in [6.45, 7) is 9.13. The summed E-state index contributed by atoms with van der Waals surface area (Å²) in [6.07, 6.45) is 21.5. The maximum Gasteiger partial charge on any atom is 0.407 e. The van der Waals surface area contributed by atoms with E-state index >= 15 is 0 Å². The fourth-order valence-electron chi connectivity index (χ4n) is 3.37. The van der Waals surface area contributed by atoms with Gasteiger partial charge in [-0.05, 0) is 25.7 Å². The van der Waals surface area contributed by atoms with Crippen molar-refractivity contribution in [2.45, 2.75) is 137 Å². The quantitative estimate of drug-likeness (QED) is 0.229. The number of hydrogen-bond acceptors (Lipinski definition) is 2. The van der Waals surface area contributed by atoms with Crippen LogP contribution < -0.4 is 5.32 Å². The largest absolute Gasteiger partial charge is 0.447 e. The van der Waals surface area contributed by atoms with E-state index in [1.807, 2.05) is 6.92 Å². The SMILES string of the molecule is CCCCCCCCCCCCCCCCCC(C)OC(=O)NCC(C)C. The first kappa shape index (κ1) is 26.3. The minimum atomic E-state index is -0.267. The van der Waals surface area contributed by atoms with E-state index in [0.29, 0.717) is 12.5 Å². The lowest BCUT2D eigenvalue weighted by Crippen LogP contribution is -2.30. The van der Waals surface area contributed by atoms with Crippen LogP contribution in [0.4, 0.5) is 4.79 Å². The van der Waals surface area contributed by atoms with E-state index < -0.39 is 0 Å². The molecule has 0 radical (unpaired) electrons. The van der Waals surface area contributed by atoms with Crippen LogP contribution in [0.5, 0.6) is 0 Å². The fraction of sp³-hybridized carbons (Fsp3) is 0.958. The van der Waals surface area contributed by atoms with Crippen LogP contribution in [0.3, 0.4) is 0 Å². The summed E-state index contributed by atoms with van der Waals surface area (Å²) < 4.78 is 5.37. The highest BCUT2D eigenvalue weighted by molar-refractivity contribution is 5.67. The van der Waals surface area contributed by atoms with E-state index in [4.69, 9.17) is 4.74 Å². The van der Waals surface area contributed by atoms with Gasteiger partial charge in [-0.15, -0.1) is 0 Å². The van der Waals surface area contributed by atoms with Gasteiger partial charge >= 0.3 is 6.09 Å². The number of ether oxygens (including phenoxy) is 1. The number of nitrogens with one attached hydrogen (secondary N) is 1. The number of alkyl carbamates (subject to hydrolysis) is 1. The van der Waals surface area contributed by atoms with Gasteiger partial charge in [0.15, 0.2) is 0 Å². The smallest absolute Gasteiger partial charge is 0.407 e. The Kier molecular flexibility index (Phi) is 19.5. The first-order valence-electron chi connectivity index (χ1n) is 12.0. The summed E-state index contributed by atoms with van der Waals surface area (Å²) in [6, 6.07) is 0. The van der Waals surface area contributed by atoms with Gasteiger partial charge in [-0.1, -0.05) is 111 Å². The van der Waals surface area contributed by atoms with Crippen LogP contribution in [0.2, 0.25) is 0 Å². The van der Waals surface area contributed by atoms with Gasteiger partial charge < -0.3 is 10.1 Å². The number of carbonyl (C=O) groups excluding carboxylic acids is 1. The zero-order valence-corrected chi connectivity index (χ0v) is 19.0. The van der Waals surface area contributed by atoms with Crippen LogP contribution in [0.25, 0.3) is 0 Å². The molecule has 162 valence electrons. The molecule has 1 N–H and O–H groups in total. The molecule has 27 heavy (non-hydrogen) atoms. The third-order valence-corrected chi connectivity index (χ3v) is 5.18. The highest BCUT2D eigenvalue weighted by Crippen LogP contribution is 2.14. The van der Waals surface area contributed by atoms with Crippen LogP contribution >= 0.6 is 0 Å². The molecule has 1 unspecified atom stereocenters. The number of unbranched alkanes of at least 4 members (excludes halogenated alkanes) is 14. The summed E-state index contributed by atoms with van der Waals surface area (Å²) in [5.74, 6) is 0.461. The van der Waals surface area contributed by atoms with Crippen molar-refractivity contribution in [3.63, 3.8) is 0 Å². The maximum absolute atomic E-state index is 11.6. The standard InChI is InChI=1S/C24H49NO2/c1-5-6-7-8-9-10-11-12-13-14-15-16-17-18-19-20-23(4)27-24(26)25-21-22(2)3/h22-23H,5-21H2,1-4H3,(H,25,26). The summed E-state index contributed by atoms with van der Waals surface area (Å²) >= 11 is 0. The summed E-state index contributed by atoms with van der Waals surface area (Å²) in [4.78, 5) is 11.6. The predicted molar refractivity (Wildman–Crippen MR) is 118 cm³/mol. The summed E-state index contributed by atoms with van der Waals surface area (Å²) in [7, 11) is 0. The highest BCUT2D eigenvalue weighted by Gasteiger charge is 2.09. The Morgan fingerprint density at radius 3 is 1.52 bits per heavy atom. The first-order valence-corrected chi connectivity index (χ1v) is 12.0. The lowest BCUT2D eigenvalue weighted by molar-refractivity contribution is 0.0998. The maximum atomic E-state index is 11.6. The second-order valence-corrected chi connectivity index (χ2v) is 8.73. The lowest BCUT2D eigenvalue weighted by atomic mass is 10.0. The number of rotatable bonds is 19. The third kappa shape index (κ3) is 21.4. The van der Waals surface area contributed by atoms with Gasteiger partial charge in [-0.25, -0.2) is 4.79 Å². The molecule has 0 spiro atoms. The molecule has 0 aliphatic rings. The Morgan fingerprint density at radius 2 is 1.11 bits per heavy atom. The molecular weight excluding hydrogens is 334 g/mol. The summed E-state index contributed by atoms with van der Waals surface area (Å²) in [5, 5.41) is 2.81. The molecular formula is C24H49NO2. The summed E-state index contributed by atoms with van der Waals surface area (Å²) in [5.41, 5.74) is 0. The monoisotopic (exact) mass is 383 g/mol. The second-order valence-electron chi connectivity index (χ2n) is 8.73. The first-order chi connectivity index (χ1) is 13.1. The Labute approximate surface area is 170 Å². The molecule has 3 heteroatoms. The molecule has 3 nitrogen and oxygen atoms in total. The lowest BCUT2D eigenvalue weighted by Gasteiger charge is -2.14. The van der Waals surface area contributed by atoms with Crippen molar-refractivity contribution in [3.8, 4) is 0 Å². The molecule has 0 heterocycles. The molecule has 0 saturated heterocycles. The number of amides is 1. The molecule has 0 saturated carbocycles. The molecule has 1 atom stereocenters. The van der Waals surface area contributed by atoms with Crippen LogP contribution in [-0.2, 0) is 4.74 Å². The van der Waals surface area contributed by atoms with Crippen LogP contribution in [0, 0.1) is 5.92 Å². The van der Waals surface area contributed by atoms with Gasteiger partial charge in [0, 0.05) is 6.54 Å². The average molecular weight is 384 g/mol. The molecule has 0 aromatic carbocycles. The second kappa shape index (κ2) is 20.0. The van der Waals surface area contributed by atoms with Gasteiger partial charge in [-0.3, -0.25) is 0 Å². The van der Waals surface area contributed by atoms with Crippen molar-refractivity contribution in [2.75, 3.05) is 6.54 Å². The average Bonchev–Trinajstić information content (AvgIpc) is 2.63. The third-order valence-electron chi connectivity index (χ3n) is 5.18. The van der Waals surface area contributed by atoms with E-state index in [1.54, 1.807) is 0 Å². The van der Waals surface area contributed by atoms with Crippen molar-refractivity contribution >= 4 is 6.09 Å². The number of hydrogen-bond donors (Lipinski definition) is 1. The molecule has 0 aliphatic heterocycles. The van der Waals surface area contributed by atoms with E-state index in [9.17, 15) is 4.79 Å². The topological polar surface area (TPSA) is 38.3 Å². The van der Waals surface area contributed by atoms with Gasteiger partial charge in [0.25, 0.3) is 0 Å². The van der Waals surface area contributed by atoms with E-state index in [0.717, 1.165) is 12.8 Å². The highest BCUT2D eigenvalue weighted by atomic mass is 16.6. The Bertz CT molecular complexity index is 318. The Balaban J connectivity index is 3.23. The van der Waals surface area contributed by atoms with E-state index in [1.165, 1.54) is 89.9 Å². The Morgan fingerprint density at radius 1 is 0.704 bits per heavy atom. The molecule has 0 aromatic rings. The molecule has 0 fully saturated rings. The minimum Gasteiger partial charge on any atom is -0.447 e. The molecule has 0 rings (SSSR count). The minimum absolute atomic E-state index is 0.0270. The number of carbonyl (C=O) groups is 1. The van der Waals surface area contributed by atoms with Gasteiger partial charge in [0.2, 0.25) is 0 Å². The van der Waals surface area contributed by atoms with Crippen molar-refractivity contribution < 1.29 is 9.53 Å². The van der Waals surface area contributed by atoms with Gasteiger partial charge in [0.05, 0.1) is 0 Å². The van der Waals surface area contributed by atoms with Crippen LogP contribution in [0.15, 0.2) is 0 Å². The van der Waals surface area contributed by atoms with Gasteiger partial charge in [-0.2, -0.15) is 0 Å². The Hall–Kier alpha value is -0.730. The van der Waals surface area contributed by atoms with Crippen LogP contribution in [-0.4, -0.2) is 18.7 Å². The fourth-order valence-corrected chi connectivity index (χ4v) is 3.37. The van der Waals surface area contributed by atoms with E-state index in [-0.39, 0.29) is 12.2 Å². The predicted octanol–water partition coefficient (Wildman–Crippen LogP) is 8.02. The zero-order chi connectivity index (χ0) is 20.2.